The average Bonchev–Trinajstić information content (AvgIpc) is 3.17. The summed E-state index contributed by atoms with van der Waals surface area (Å²) in [4.78, 5) is 16.9. The van der Waals surface area contributed by atoms with E-state index < -0.39 is 0 Å². The Labute approximate surface area is 187 Å². The molecule has 5 nitrogen and oxygen atoms in total. The zero-order valence-electron chi connectivity index (χ0n) is 15.9. The summed E-state index contributed by atoms with van der Waals surface area (Å²) in [5.74, 6) is 0.446. The molecule has 0 aliphatic rings. The highest BCUT2D eigenvalue weighted by molar-refractivity contribution is 9.10. The SMILES string of the molecule is CC[C@@H](C)Oc1ccc(C(=O)NC(=S)Nc2nc(-c3ccc(Br)cc3)cs2)cc1. The maximum atomic E-state index is 12.4. The Bertz CT molecular complexity index is 988. The molecular formula is C21H20BrN3O2S2. The summed E-state index contributed by atoms with van der Waals surface area (Å²) in [5, 5.41) is 8.39. The number of hydrogen-bond acceptors (Lipinski definition) is 5. The first-order chi connectivity index (χ1) is 13.9. The maximum absolute atomic E-state index is 12.4. The first kappa shape index (κ1) is 21.4. The highest BCUT2D eigenvalue weighted by Gasteiger charge is 2.11. The maximum Gasteiger partial charge on any atom is 0.257 e. The van der Waals surface area contributed by atoms with Gasteiger partial charge in [0.2, 0.25) is 0 Å². The predicted octanol–water partition coefficient (Wildman–Crippen LogP) is 5.88. The van der Waals surface area contributed by atoms with Crippen LogP contribution in [0.5, 0.6) is 5.75 Å². The number of thiocarbonyl (C=S) groups is 1. The van der Waals surface area contributed by atoms with Crippen molar-refractivity contribution in [3.63, 3.8) is 0 Å². The number of benzene rings is 2. The number of hydrogen-bond donors (Lipinski definition) is 2. The molecule has 3 aromatic rings. The molecule has 0 aliphatic carbocycles. The lowest BCUT2D eigenvalue weighted by Gasteiger charge is -2.13. The molecule has 3 rings (SSSR count). The van der Waals surface area contributed by atoms with Crippen LogP contribution < -0.4 is 15.4 Å². The van der Waals surface area contributed by atoms with Crippen LogP contribution in [-0.2, 0) is 0 Å². The van der Waals surface area contributed by atoms with Crippen molar-refractivity contribution in [3.05, 3.63) is 63.9 Å². The molecule has 0 saturated carbocycles. The fraction of sp³-hybridized carbons (Fsp3) is 0.190. The molecule has 2 aromatic carbocycles. The van der Waals surface area contributed by atoms with Gasteiger partial charge in [0.05, 0.1) is 11.8 Å². The number of amides is 1. The van der Waals surface area contributed by atoms with Gasteiger partial charge in [-0.15, -0.1) is 11.3 Å². The predicted molar refractivity (Wildman–Crippen MR) is 126 cm³/mol. The van der Waals surface area contributed by atoms with Crippen LogP contribution in [-0.4, -0.2) is 22.1 Å². The molecule has 1 amide bonds. The summed E-state index contributed by atoms with van der Waals surface area (Å²) >= 11 is 10.1. The van der Waals surface area contributed by atoms with E-state index in [9.17, 15) is 4.79 Å². The smallest absolute Gasteiger partial charge is 0.257 e. The molecule has 1 atom stereocenters. The molecule has 0 aliphatic heterocycles. The summed E-state index contributed by atoms with van der Waals surface area (Å²) in [6, 6.07) is 14.9. The Morgan fingerprint density at radius 2 is 1.90 bits per heavy atom. The lowest BCUT2D eigenvalue weighted by Crippen LogP contribution is -2.34. The van der Waals surface area contributed by atoms with Gasteiger partial charge in [-0.3, -0.25) is 10.1 Å². The highest BCUT2D eigenvalue weighted by Crippen LogP contribution is 2.26. The molecule has 29 heavy (non-hydrogen) atoms. The number of anilines is 1. The number of thiazole rings is 1. The molecule has 0 radical (unpaired) electrons. The number of nitrogens with zero attached hydrogens (tertiary/aromatic N) is 1. The van der Waals surface area contributed by atoms with Gasteiger partial charge in [0.1, 0.15) is 5.75 Å². The van der Waals surface area contributed by atoms with Gasteiger partial charge < -0.3 is 10.1 Å². The first-order valence-electron chi connectivity index (χ1n) is 9.05. The zero-order valence-corrected chi connectivity index (χ0v) is 19.2. The van der Waals surface area contributed by atoms with E-state index in [4.69, 9.17) is 17.0 Å². The van der Waals surface area contributed by atoms with E-state index >= 15 is 0 Å². The quantitative estimate of drug-likeness (QED) is 0.423. The molecule has 0 fully saturated rings. The molecule has 2 N–H and O–H groups in total. The molecule has 1 heterocycles. The van der Waals surface area contributed by atoms with Gasteiger partial charge in [-0.1, -0.05) is 35.0 Å². The van der Waals surface area contributed by atoms with E-state index in [1.807, 2.05) is 36.6 Å². The van der Waals surface area contributed by atoms with Crippen LogP contribution in [0.2, 0.25) is 0 Å². The minimum Gasteiger partial charge on any atom is -0.491 e. The summed E-state index contributed by atoms with van der Waals surface area (Å²) in [7, 11) is 0. The summed E-state index contributed by atoms with van der Waals surface area (Å²) in [6.45, 7) is 4.07. The normalized spacial score (nSPS) is 11.6. The van der Waals surface area contributed by atoms with Crippen LogP contribution >= 0.6 is 39.5 Å². The lowest BCUT2D eigenvalue weighted by molar-refractivity contribution is 0.0977. The minimum absolute atomic E-state index is 0.132. The summed E-state index contributed by atoms with van der Waals surface area (Å²) in [5.41, 5.74) is 2.35. The number of rotatable bonds is 6. The molecule has 0 bridgehead atoms. The monoisotopic (exact) mass is 489 g/mol. The van der Waals surface area contributed by atoms with Crippen molar-refractivity contribution in [2.45, 2.75) is 26.4 Å². The number of ether oxygens (including phenoxy) is 1. The molecule has 0 unspecified atom stereocenters. The van der Waals surface area contributed by atoms with E-state index in [2.05, 4.69) is 38.5 Å². The number of aromatic nitrogens is 1. The Morgan fingerprint density at radius 3 is 2.55 bits per heavy atom. The standard InChI is InChI=1S/C21H20BrN3O2S2/c1-3-13(2)27-17-10-6-15(7-11-17)19(26)24-20(28)25-21-23-18(12-29-21)14-4-8-16(22)9-5-14/h4-13H,3H2,1-2H3,(H2,23,24,25,26,28)/t13-/m1/s1. The second-order valence-electron chi connectivity index (χ2n) is 6.31. The topological polar surface area (TPSA) is 63.2 Å². The van der Waals surface area contributed by atoms with Crippen LogP contribution in [0, 0.1) is 0 Å². The molecule has 8 heteroatoms. The number of halogens is 1. The van der Waals surface area contributed by atoms with Crippen LogP contribution in [0.25, 0.3) is 11.3 Å². The number of carbonyl (C=O) groups is 1. The van der Waals surface area contributed by atoms with Crippen LogP contribution in [0.1, 0.15) is 30.6 Å². The van der Waals surface area contributed by atoms with Gasteiger partial charge in [-0.05, 0) is 62.0 Å². The summed E-state index contributed by atoms with van der Waals surface area (Å²) in [6.07, 6.45) is 1.05. The zero-order chi connectivity index (χ0) is 20.8. The fourth-order valence-electron chi connectivity index (χ4n) is 2.39. The Hall–Kier alpha value is -2.29. The average molecular weight is 490 g/mol. The van der Waals surface area contributed by atoms with Crippen molar-refractivity contribution >= 4 is 55.6 Å². The second kappa shape index (κ2) is 9.96. The molecular weight excluding hydrogens is 470 g/mol. The number of nitrogens with one attached hydrogen (secondary N) is 2. The largest absolute Gasteiger partial charge is 0.491 e. The van der Waals surface area contributed by atoms with Crippen LogP contribution in [0.3, 0.4) is 0 Å². The van der Waals surface area contributed by atoms with Gasteiger partial charge in [-0.25, -0.2) is 4.98 Å². The number of carbonyl (C=O) groups excluding carboxylic acids is 1. The fourth-order valence-corrected chi connectivity index (χ4v) is 3.63. The third-order valence-electron chi connectivity index (χ3n) is 4.12. The minimum atomic E-state index is -0.290. The van der Waals surface area contributed by atoms with Crippen LogP contribution in [0.15, 0.2) is 58.4 Å². The lowest BCUT2D eigenvalue weighted by atomic mass is 10.2. The van der Waals surface area contributed by atoms with Gasteiger partial charge in [0.25, 0.3) is 5.91 Å². The summed E-state index contributed by atoms with van der Waals surface area (Å²) < 4.78 is 6.74. The van der Waals surface area contributed by atoms with E-state index in [0.717, 1.165) is 27.9 Å². The first-order valence-corrected chi connectivity index (χ1v) is 11.1. The van der Waals surface area contributed by atoms with Crippen molar-refractivity contribution in [2.75, 3.05) is 5.32 Å². The van der Waals surface area contributed by atoms with E-state index in [-0.39, 0.29) is 17.1 Å². The van der Waals surface area contributed by atoms with E-state index in [0.29, 0.717) is 10.7 Å². The van der Waals surface area contributed by atoms with Crippen LogP contribution in [0.4, 0.5) is 5.13 Å². The third kappa shape index (κ3) is 6.09. The highest BCUT2D eigenvalue weighted by atomic mass is 79.9. The van der Waals surface area contributed by atoms with Crippen molar-refractivity contribution in [1.82, 2.24) is 10.3 Å². The van der Waals surface area contributed by atoms with Gasteiger partial charge in [-0.2, -0.15) is 0 Å². The van der Waals surface area contributed by atoms with Gasteiger partial charge in [0.15, 0.2) is 10.2 Å². The Kier molecular flexibility index (Phi) is 7.35. The van der Waals surface area contributed by atoms with Crippen molar-refractivity contribution in [2.24, 2.45) is 0 Å². The van der Waals surface area contributed by atoms with Crippen molar-refractivity contribution in [3.8, 4) is 17.0 Å². The van der Waals surface area contributed by atoms with E-state index in [1.165, 1.54) is 11.3 Å². The molecule has 1 aromatic heterocycles. The molecule has 0 saturated heterocycles. The van der Waals surface area contributed by atoms with Gasteiger partial charge in [0, 0.05) is 21.0 Å². The Balaban J connectivity index is 1.56. The Morgan fingerprint density at radius 1 is 1.21 bits per heavy atom. The third-order valence-corrected chi connectivity index (χ3v) is 5.61. The van der Waals surface area contributed by atoms with E-state index in [1.54, 1.807) is 24.3 Å². The second-order valence-corrected chi connectivity index (χ2v) is 8.50. The van der Waals surface area contributed by atoms with Gasteiger partial charge >= 0.3 is 0 Å². The molecule has 150 valence electrons. The molecule has 0 spiro atoms. The van der Waals surface area contributed by atoms with Crippen molar-refractivity contribution < 1.29 is 9.53 Å². The van der Waals surface area contributed by atoms with Crippen molar-refractivity contribution in [1.29, 1.82) is 0 Å².